The molecular weight excluding hydrogens is 492 g/mol. The van der Waals surface area contributed by atoms with E-state index in [2.05, 4.69) is 15.2 Å². The fraction of sp³-hybridized carbons (Fsp3) is 0.0769. The lowest BCUT2D eigenvalue weighted by molar-refractivity contribution is -0.255. The molecule has 0 spiro atoms. The van der Waals surface area contributed by atoms with Crippen LogP contribution in [0.4, 0.5) is 17.6 Å². The number of hydrogen-bond donors (Lipinski definition) is 0. The van der Waals surface area contributed by atoms with Gasteiger partial charge in [0.05, 0.1) is 18.1 Å². The number of nitrogens with zero attached hydrogens (tertiary/aromatic N) is 4. The van der Waals surface area contributed by atoms with Gasteiger partial charge in [0.15, 0.2) is 0 Å². The Hall–Kier alpha value is -4.80. The predicted molar refractivity (Wildman–Crippen MR) is 121 cm³/mol. The predicted octanol–water partition coefficient (Wildman–Crippen LogP) is 4.84. The molecule has 11 heteroatoms. The lowest BCUT2D eigenvalue weighted by Crippen LogP contribution is -2.23. The Balaban J connectivity index is 1.40. The van der Waals surface area contributed by atoms with Crippen LogP contribution in [-0.2, 0) is 12.7 Å². The van der Waals surface area contributed by atoms with E-state index < -0.39 is 23.5 Å². The van der Waals surface area contributed by atoms with E-state index in [4.69, 9.17) is 4.52 Å². The number of aromatic nitrogens is 4. The second kappa shape index (κ2) is 9.34. The van der Waals surface area contributed by atoms with Crippen LogP contribution in [0.5, 0.6) is 0 Å². The van der Waals surface area contributed by atoms with Crippen molar-refractivity contribution in [1.29, 1.82) is 0 Å². The minimum Gasteiger partial charge on any atom is -0.543 e. The number of carboxylic acids is 1. The smallest absolute Gasteiger partial charge is 0.417 e. The first-order chi connectivity index (χ1) is 17.7. The van der Waals surface area contributed by atoms with Gasteiger partial charge in [-0.15, -0.1) is 0 Å². The molecule has 0 atom stereocenters. The van der Waals surface area contributed by atoms with Gasteiger partial charge in [-0.05, 0) is 35.4 Å². The summed E-state index contributed by atoms with van der Waals surface area (Å²) in [5.41, 5.74) is -0.281. The summed E-state index contributed by atoms with van der Waals surface area (Å²) >= 11 is 0. The fourth-order valence-corrected chi connectivity index (χ4v) is 3.79. The second-order valence-corrected chi connectivity index (χ2v) is 8.04. The van der Waals surface area contributed by atoms with Gasteiger partial charge in [-0.25, -0.2) is 4.39 Å². The van der Waals surface area contributed by atoms with Gasteiger partial charge in [-0.1, -0.05) is 53.7 Å². The quantitative estimate of drug-likeness (QED) is 0.305. The average molecular weight is 507 g/mol. The molecule has 0 aliphatic rings. The van der Waals surface area contributed by atoms with Gasteiger partial charge >= 0.3 is 6.18 Å². The minimum atomic E-state index is -4.75. The molecule has 0 amide bonds. The normalized spacial score (nSPS) is 11.6. The zero-order valence-corrected chi connectivity index (χ0v) is 18.7. The van der Waals surface area contributed by atoms with Gasteiger partial charge in [-0.3, -0.25) is 4.68 Å². The third-order valence-electron chi connectivity index (χ3n) is 5.57. The average Bonchev–Trinajstić information content (AvgIpc) is 3.55. The maximum absolute atomic E-state index is 14.2. The molecule has 7 nitrogen and oxygen atoms in total. The van der Waals surface area contributed by atoms with Crippen molar-refractivity contribution in [3.05, 3.63) is 102 Å². The Bertz CT molecular complexity index is 1590. The van der Waals surface area contributed by atoms with Crippen LogP contribution in [0.2, 0.25) is 0 Å². The van der Waals surface area contributed by atoms with Crippen molar-refractivity contribution >= 4 is 5.97 Å². The van der Waals surface area contributed by atoms with Gasteiger partial charge in [0.2, 0.25) is 5.82 Å². The number of alkyl halides is 3. The number of carbonyl (C=O) groups excluding carboxylic acids is 1. The van der Waals surface area contributed by atoms with Crippen molar-refractivity contribution in [3.63, 3.8) is 0 Å². The van der Waals surface area contributed by atoms with Gasteiger partial charge in [0.1, 0.15) is 11.5 Å². The number of hydrogen-bond acceptors (Lipinski definition) is 6. The van der Waals surface area contributed by atoms with E-state index in [1.807, 2.05) is 0 Å². The number of halogens is 4. The molecule has 0 aliphatic carbocycles. The highest BCUT2D eigenvalue weighted by molar-refractivity contribution is 5.83. The van der Waals surface area contributed by atoms with Crippen LogP contribution >= 0.6 is 0 Å². The van der Waals surface area contributed by atoms with Crippen LogP contribution in [0.25, 0.3) is 34.0 Å². The highest BCUT2D eigenvalue weighted by Gasteiger charge is 2.35. The molecule has 0 fully saturated rings. The molecule has 0 saturated heterocycles. The van der Waals surface area contributed by atoms with E-state index in [-0.39, 0.29) is 34.1 Å². The SMILES string of the molecule is O=C([O-])c1ccn(Cc2ccc(-c3noc(-c4ccc(-c5ccccc5F)c(C(F)(F)F)c4)n3)cc2)n1. The summed E-state index contributed by atoms with van der Waals surface area (Å²) in [6.45, 7) is 0.305. The van der Waals surface area contributed by atoms with Crippen molar-refractivity contribution < 1.29 is 32.0 Å². The summed E-state index contributed by atoms with van der Waals surface area (Å²) in [6, 6.07) is 16.8. The van der Waals surface area contributed by atoms with E-state index in [0.717, 1.165) is 17.7 Å². The number of carboxylic acid groups (broad SMARTS) is 1. The van der Waals surface area contributed by atoms with E-state index in [1.165, 1.54) is 47.3 Å². The molecule has 0 N–H and O–H groups in total. The third-order valence-corrected chi connectivity index (χ3v) is 5.57. The molecular formula is C26H15F4N4O3-. The molecule has 5 aromatic rings. The second-order valence-electron chi connectivity index (χ2n) is 8.04. The highest BCUT2D eigenvalue weighted by Crippen LogP contribution is 2.40. The number of rotatable bonds is 6. The van der Waals surface area contributed by atoms with E-state index in [9.17, 15) is 27.5 Å². The zero-order chi connectivity index (χ0) is 26.2. The Morgan fingerprint density at radius 3 is 2.35 bits per heavy atom. The molecule has 2 aromatic heterocycles. The van der Waals surface area contributed by atoms with E-state index in [1.54, 1.807) is 24.3 Å². The molecule has 0 saturated carbocycles. The van der Waals surface area contributed by atoms with Crippen molar-refractivity contribution in [3.8, 4) is 34.0 Å². The fourth-order valence-electron chi connectivity index (χ4n) is 3.79. The largest absolute Gasteiger partial charge is 0.543 e. The van der Waals surface area contributed by atoms with Crippen LogP contribution in [-0.4, -0.2) is 25.9 Å². The van der Waals surface area contributed by atoms with Crippen molar-refractivity contribution in [2.45, 2.75) is 12.7 Å². The van der Waals surface area contributed by atoms with Gasteiger partial charge < -0.3 is 14.4 Å². The van der Waals surface area contributed by atoms with Crippen LogP contribution in [0.1, 0.15) is 21.6 Å². The molecule has 3 aromatic carbocycles. The third kappa shape index (κ3) is 4.96. The van der Waals surface area contributed by atoms with Gasteiger partial charge in [0, 0.05) is 22.9 Å². The number of carbonyl (C=O) groups is 1. The Kier molecular flexibility index (Phi) is 6.04. The topological polar surface area (TPSA) is 96.9 Å². The molecule has 2 heterocycles. The number of benzene rings is 3. The maximum Gasteiger partial charge on any atom is 0.417 e. The summed E-state index contributed by atoms with van der Waals surface area (Å²) in [7, 11) is 0. The zero-order valence-electron chi connectivity index (χ0n) is 18.7. The lowest BCUT2D eigenvalue weighted by Gasteiger charge is -2.14. The summed E-state index contributed by atoms with van der Waals surface area (Å²) in [4.78, 5) is 15.1. The number of aromatic carboxylic acids is 1. The molecule has 186 valence electrons. The van der Waals surface area contributed by atoms with Gasteiger partial charge in [0.25, 0.3) is 5.89 Å². The van der Waals surface area contributed by atoms with Crippen molar-refractivity contribution in [2.75, 3.05) is 0 Å². The first-order valence-electron chi connectivity index (χ1n) is 10.8. The first kappa shape index (κ1) is 23.9. The molecule has 5 rings (SSSR count). The monoisotopic (exact) mass is 507 g/mol. The van der Waals surface area contributed by atoms with E-state index >= 15 is 0 Å². The Morgan fingerprint density at radius 2 is 1.68 bits per heavy atom. The van der Waals surface area contributed by atoms with Crippen LogP contribution in [0.15, 0.2) is 83.5 Å². The van der Waals surface area contributed by atoms with E-state index in [0.29, 0.717) is 12.1 Å². The van der Waals surface area contributed by atoms with Crippen LogP contribution < -0.4 is 5.11 Å². The highest BCUT2D eigenvalue weighted by atomic mass is 19.4. The van der Waals surface area contributed by atoms with Crippen LogP contribution in [0.3, 0.4) is 0 Å². The Morgan fingerprint density at radius 1 is 0.946 bits per heavy atom. The van der Waals surface area contributed by atoms with Gasteiger partial charge in [-0.2, -0.15) is 23.3 Å². The molecule has 0 aliphatic heterocycles. The van der Waals surface area contributed by atoms with Crippen molar-refractivity contribution in [2.24, 2.45) is 0 Å². The first-order valence-corrected chi connectivity index (χ1v) is 10.8. The molecule has 0 radical (unpaired) electrons. The minimum absolute atomic E-state index is 0.0326. The molecule has 0 bridgehead atoms. The maximum atomic E-state index is 14.2. The van der Waals surface area contributed by atoms with Crippen molar-refractivity contribution in [1.82, 2.24) is 19.9 Å². The summed E-state index contributed by atoms with van der Waals surface area (Å²) in [5, 5.41) is 18.6. The molecule has 0 unspecified atom stereocenters. The molecule has 37 heavy (non-hydrogen) atoms. The van der Waals surface area contributed by atoms with Crippen LogP contribution in [0, 0.1) is 5.82 Å². The summed E-state index contributed by atoms with van der Waals surface area (Å²) in [5.74, 6) is -2.11. The summed E-state index contributed by atoms with van der Waals surface area (Å²) < 4.78 is 62.4. The lowest BCUT2D eigenvalue weighted by atomic mass is 9.96. The summed E-state index contributed by atoms with van der Waals surface area (Å²) in [6.07, 6.45) is -3.24. The Labute approximate surface area is 206 Å². The standard InChI is InChI=1S/C26H16F4N4O3/c27-21-4-2-1-3-19(21)18-10-9-17(13-20(18)26(28,29)30)24-31-23(33-37-24)16-7-5-15(6-8-16)14-34-12-11-22(32-34)25(35)36/h1-13H,14H2,(H,35,36)/p-1.